The van der Waals surface area contributed by atoms with Gasteiger partial charge in [0.1, 0.15) is 5.75 Å². The summed E-state index contributed by atoms with van der Waals surface area (Å²) in [5.41, 5.74) is 1.45. The Hall–Kier alpha value is -2.73. The Kier molecular flexibility index (Phi) is 7.21. The van der Waals surface area contributed by atoms with Gasteiger partial charge < -0.3 is 15.4 Å². The van der Waals surface area contributed by atoms with Gasteiger partial charge in [0.05, 0.1) is 5.02 Å². The molecule has 0 heterocycles. The van der Waals surface area contributed by atoms with E-state index < -0.39 is 6.10 Å². The van der Waals surface area contributed by atoms with E-state index in [1.54, 1.807) is 61.5 Å². The molecule has 0 saturated heterocycles. The molecule has 0 radical (unpaired) electrons. The van der Waals surface area contributed by atoms with Gasteiger partial charge in [0.25, 0.3) is 11.8 Å². The number of benzene rings is 3. The molecule has 2 amide bonds. The van der Waals surface area contributed by atoms with Gasteiger partial charge in [-0.15, -0.1) is 0 Å². The van der Waals surface area contributed by atoms with Crippen LogP contribution in [0, 0.1) is 0 Å². The van der Waals surface area contributed by atoms with Crippen LogP contribution in [0.3, 0.4) is 0 Å². The summed E-state index contributed by atoms with van der Waals surface area (Å²) in [5.74, 6) is -0.251. The van der Waals surface area contributed by atoms with Crippen LogP contribution in [-0.2, 0) is 4.79 Å². The monoisotopic (exact) mass is 462 g/mol. The van der Waals surface area contributed by atoms with Gasteiger partial charge in [-0.2, -0.15) is 0 Å². The van der Waals surface area contributed by atoms with E-state index in [-0.39, 0.29) is 11.8 Å². The van der Waals surface area contributed by atoms with Crippen molar-refractivity contribution in [3.05, 3.63) is 87.4 Å². The molecule has 5 nitrogen and oxygen atoms in total. The summed E-state index contributed by atoms with van der Waals surface area (Å²) in [6, 6.07) is 18.2. The van der Waals surface area contributed by atoms with Gasteiger partial charge in [-0.05, 0) is 61.5 Å². The molecule has 0 fully saturated rings. The number of amides is 2. The van der Waals surface area contributed by atoms with Gasteiger partial charge in [-0.1, -0.05) is 46.9 Å². The first kappa shape index (κ1) is 22.0. The number of hydrogen-bond donors (Lipinski definition) is 2. The average Bonchev–Trinajstić information content (AvgIpc) is 2.70. The molecule has 1 unspecified atom stereocenters. The minimum Gasteiger partial charge on any atom is -0.479 e. The van der Waals surface area contributed by atoms with Crippen molar-refractivity contribution < 1.29 is 14.3 Å². The van der Waals surface area contributed by atoms with Crippen molar-refractivity contribution in [3.63, 3.8) is 0 Å². The number of hydrogen-bond acceptors (Lipinski definition) is 3. The number of para-hydroxylation sites is 1. The highest BCUT2D eigenvalue weighted by atomic mass is 35.5. The molecular weight excluding hydrogens is 447 g/mol. The molecule has 0 spiro atoms. The molecule has 0 aliphatic rings. The molecule has 0 saturated carbocycles. The van der Waals surface area contributed by atoms with Crippen molar-refractivity contribution in [3.8, 4) is 5.75 Å². The lowest BCUT2D eigenvalue weighted by Crippen LogP contribution is -2.30. The summed E-state index contributed by atoms with van der Waals surface area (Å²) >= 11 is 17.9. The maximum Gasteiger partial charge on any atom is 0.265 e. The number of halogens is 3. The molecule has 0 aromatic heterocycles. The molecule has 154 valence electrons. The number of anilines is 2. The van der Waals surface area contributed by atoms with Gasteiger partial charge >= 0.3 is 0 Å². The van der Waals surface area contributed by atoms with E-state index in [1.165, 1.54) is 12.1 Å². The predicted octanol–water partition coefficient (Wildman–Crippen LogP) is 6.31. The zero-order valence-corrected chi connectivity index (χ0v) is 18.1. The summed E-state index contributed by atoms with van der Waals surface area (Å²) in [6.07, 6.45) is -0.753. The number of nitrogens with one attached hydrogen (secondary N) is 2. The fourth-order valence-electron chi connectivity index (χ4n) is 2.55. The highest BCUT2D eigenvalue weighted by Gasteiger charge is 2.16. The third-order valence-corrected chi connectivity index (χ3v) is 4.79. The standard InChI is InChI=1S/C22H17Cl3N2O3/c1-13(30-20-5-3-2-4-19(20)25)21(28)26-17-6-8-18(9-7-17)27-22(29)14-10-15(23)12-16(24)11-14/h2-13H,1H3,(H,26,28)(H,27,29). The molecule has 3 rings (SSSR count). The van der Waals surface area contributed by atoms with E-state index in [2.05, 4.69) is 10.6 Å². The van der Waals surface area contributed by atoms with Gasteiger partial charge in [0, 0.05) is 27.0 Å². The summed E-state index contributed by atoms with van der Waals surface area (Å²) in [6.45, 7) is 1.63. The second-order valence-corrected chi connectivity index (χ2v) is 7.65. The van der Waals surface area contributed by atoms with Crippen molar-refractivity contribution >= 4 is 58.0 Å². The normalized spacial score (nSPS) is 11.5. The van der Waals surface area contributed by atoms with E-state index in [4.69, 9.17) is 39.5 Å². The minimum absolute atomic E-state index is 0.333. The lowest BCUT2D eigenvalue weighted by molar-refractivity contribution is -0.122. The molecule has 3 aromatic rings. The highest BCUT2D eigenvalue weighted by molar-refractivity contribution is 6.35. The van der Waals surface area contributed by atoms with E-state index >= 15 is 0 Å². The van der Waals surface area contributed by atoms with Crippen molar-refractivity contribution in [1.82, 2.24) is 0 Å². The van der Waals surface area contributed by atoms with Crippen molar-refractivity contribution in [2.45, 2.75) is 13.0 Å². The van der Waals surface area contributed by atoms with E-state index in [0.717, 1.165) is 0 Å². The third kappa shape index (κ3) is 5.89. The summed E-state index contributed by atoms with van der Waals surface area (Å²) in [5, 5.41) is 6.68. The lowest BCUT2D eigenvalue weighted by atomic mass is 10.2. The average molecular weight is 464 g/mol. The van der Waals surface area contributed by atoms with Gasteiger partial charge in [-0.3, -0.25) is 9.59 Å². The maximum absolute atomic E-state index is 12.4. The Morgan fingerprint density at radius 3 is 2.00 bits per heavy atom. The lowest BCUT2D eigenvalue weighted by Gasteiger charge is -2.15. The van der Waals surface area contributed by atoms with Crippen LogP contribution in [0.15, 0.2) is 66.7 Å². The predicted molar refractivity (Wildman–Crippen MR) is 121 cm³/mol. The van der Waals surface area contributed by atoms with Crippen molar-refractivity contribution in [2.75, 3.05) is 10.6 Å². The number of carbonyl (C=O) groups excluding carboxylic acids is 2. The molecule has 0 aliphatic carbocycles. The Balaban J connectivity index is 1.59. The molecule has 8 heteroatoms. The largest absolute Gasteiger partial charge is 0.479 e. The molecule has 3 aromatic carbocycles. The summed E-state index contributed by atoms with van der Waals surface area (Å²) in [7, 11) is 0. The smallest absolute Gasteiger partial charge is 0.265 e. The zero-order chi connectivity index (χ0) is 21.7. The number of rotatable bonds is 6. The van der Waals surface area contributed by atoms with Gasteiger partial charge in [0.15, 0.2) is 6.10 Å². The highest BCUT2D eigenvalue weighted by Crippen LogP contribution is 2.25. The van der Waals surface area contributed by atoms with Crippen molar-refractivity contribution in [1.29, 1.82) is 0 Å². The fourth-order valence-corrected chi connectivity index (χ4v) is 3.26. The molecule has 1 atom stereocenters. The molecule has 2 N–H and O–H groups in total. The first-order chi connectivity index (χ1) is 14.3. The third-order valence-electron chi connectivity index (χ3n) is 4.04. The van der Waals surface area contributed by atoms with Gasteiger partial charge in [0.2, 0.25) is 0 Å². The summed E-state index contributed by atoms with van der Waals surface area (Å²) in [4.78, 5) is 24.7. The van der Waals surface area contributed by atoms with E-state index in [9.17, 15) is 9.59 Å². The summed E-state index contributed by atoms with van der Waals surface area (Å²) < 4.78 is 5.60. The SMILES string of the molecule is CC(Oc1ccccc1Cl)C(=O)Nc1ccc(NC(=O)c2cc(Cl)cc(Cl)c2)cc1. The second kappa shape index (κ2) is 9.85. The zero-order valence-electron chi connectivity index (χ0n) is 15.8. The number of ether oxygens (including phenoxy) is 1. The number of carbonyl (C=O) groups is 2. The Labute approximate surface area is 188 Å². The van der Waals surface area contributed by atoms with E-state index in [1.807, 2.05) is 0 Å². The maximum atomic E-state index is 12.4. The Bertz CT molecular complexity index is 1050. The van der Waals surface area contributed by atoms with Crippen LogP contribution in [0.2, 0.25) is 15.1 Å². The molecule has 30 heavy (non-hydrogen) atoms. The second-order valence-electron chi connectivity index (χ2n) is 6.37. The first-order valence-corrected chi connectivity index (χ1v) is 10.0. The van der Waals surface area contributed by atoms with Crippen LogP contribution >= 0.6 is 34.8 Å². The Morgan fingerprint density at radius 2 is 1.40 bits per heavy atom. The van der Waals surface area contributed by atoms with Crippen LogP contribution in [0.25, 0.3) is 0 Å². The molecular formula is C22H17Cl3N2O3. The molecule has 0 bridgehead atoms. The molecule has 0 aliphatic heterocycles. The van der Waals surface area contributed by atoms with Crippen LogP contribution in [0.1, 0.15) is 17.3 Å². The van der Waals surface area contributed by atoms with Crippen LogP contribution in [-0.4, -0.2) is 17.9 Å². The van der Waals surface area contributed by atoms with E-state index in [0.29, 0.717) is 37.8 Å². The quantitative estimate of drug-likeness (QED) is 0.450. The van der Waals surface area contributed by atoms with Crippen molar-refractivity contribution in [2.24, 2.45) is 0 Å². The van der Waals surface area contributed by atoms with Crippen LogP contribution < -0.4 is 15.4 Å². The first-order valence-electron chi connectivity index (χ1n) is 8.91. The van der Waals surface area contributed by atoms with Crippen LogP contribution in [0.4, 0.5) is 11.4 Å². The minimum atomic E-state index is -0.753. The van der Waals surface area contributed by atoms with Gasteiger partial charge in [-0.25, -0.2) is 0 Å². The topological polar surface area (TPSA) is 67.4 Å². The van der Waals surface area contributed by atoms with Crippen LogP contribution in [0.5, 0.6) is 5.75 Å². The fraction of sp³-hybridized carbons (Fsp3) is 0.0909. The Morgan fingerprint density at radius 1 is 0.833 bits per heavy atom.